The second-order valence-electron chi connectivity index (χ2n) is 5.31. The van der Waals surface area contributed by atoms with Crippen LogP contribution < -0.4 is 29.3 Å². The van der Waals surface area contributed by atoms with E-state index >= 15 is 0 Å². The molecule has 0 aromatic rings. The molecule has 0 bridgehead atoms. The van der Waals surface area contributed by atoms with Gasteiger partial charge in [-0.2, -0.15) is 0 Å². The van der Waals surface area contributed by atoms with E-state index in [9.17, 15) is 0 Å². The molecule has 2 N–H and O–H groups in total. The monoisotopic (exact) mass is 418 g/mol. The van der Waals surface area contributed by atoms with Gasteiger partial charge in [-0.1, -0.05) is 6.92 Å². The van der Waals surface area contributed by atoms with Gasteiger partial charge in [-0.25, -0.2) is 4.90 Å². The zero-order valence-electron chi connectivity index (χ0n) is 12.2. The van der Waals surface area contributed by atoms with E-state index in [1.165, 1.54) is 45.6 Å². The molecule has 0 spiro atoms. The van der Waals surface area contributed by atoms with E-state index in [1.54, 1.807) is 0 Å². The second kappa shape index (κ2) is 9.32. The lowest BCUT2D eigenvalue weighted by molar-refractivity contribution is -0.709. The number of quaternary nitrogens is 1. The van der Waals surface area contributed by atoms with Crippen molar-refractivity contribution in [3.8, 4) is 0 Å². The van der Waals surface area contributed by atoms with Crippen LogP contribution in [0.25, 0.3) is 0 Å². The third kappa shape index (κ3) is 5.52. The number of hydrogen-bond acceptors (Lipinski definition) is 5. The maximum absolute atomic E-state index is 2.67. The summed E-state index contributed by atoms with van der Waals surface area (Å²) < 4.78 is 0. The number of nitrogens with two attached hydrogens (primary N) is 1. The molecule has 2 rings (SSSR count). The summed E-state index contributed by atoms with van der Waals surface area (Å²) in [5, 5.41) is 2.51. The number of halogens is 1. The summed E-state index contributed by atoms with van der Waals surface area (Å²) in [5.74, 6) is 0. The number of likely N-dealkylation sites (N-methyl/N-ethyl adjacent to an activating group) is 1. The first-order valence-corrected chi connectivity index (χ1v) is 9.28. The van der Waals surface area contributed by atoms with Gasteiger partial charge >= 0.3 is 0 Å². The Morgan fingerprint density at radius 3 is 2.47 bits per heavy atom. The molecule has 0 aromatic carbocycles. The summed E-state index contributed by atoms with van der Waals surface area (Å²) in [6.45, 7) is 8.50. The lowest BCUT2D eigenvalue weighted by atomic mass is 10.2. The molecule has 0 saturated carbocycles. The Balaban J connectivity index is 0.00000180. The fourth-order valence-electron chi connectivity index (χ4n) is 2.47. The molecule has 2 fully saturated rings. The van der Waals surface area contributed by atoms with Crippen molar-refractivity contribution in [2.45, 2.75) is 30.8 Å². The Bertz CT molecular complexity index is 258. The topological polar surface area (TPSA) is 26.3 Å². The molecule has 0 aromatic heterocycles. The molecule has 114 valence electrons. The molecule has 2 aliphatic rings. The standard InChI is InChI=1S/C12H26N4S2.HI/c1-4-15-7-5-6-8-16(10-9-15)12-13-11(14(2)3)17-18-12;/h11-13H,4-10H2,1-3H3;1H. The first-order valence-electron chi connectivity index (χ1n) is 7.00. The molecule has 7 heteroatoms. The fraction of sp³-hybridized carbons (Fsp3) is 1.00. The molecule has 0 amide bonds. The molecule has 0 radical (unpaired) electrons. The highest BCUT2D eigenvalue weighted by Gasteiger charge is 2.35. The SMILES string of the molecule is CCN1CCCCN(C2[NH2+]C(N(C)C)SS2)CC1.[I-]. The van der Waals surface area contributed by atoms with Gasteiger partial charge in [0.1, 0.15) is 0 Å². The van der Waals surface area contributed by atoms with Crippen molar-refractivity contribution >= 4 is 21.6 Å². The number of rotatable bonds is 3. The predicted molar refractivity (Wildman–Crippen MR) is 81.3 cm³/mol. The molecule has 2 heterocycles. The summed E-state index contributed by atoms with van der Waals surface area (Å²) in [6.07, 6.45) is 2.70. The van der Waals surface area contributed by atoms with E-state index < -0.39 is 0 Å². The second-order valence-corrected chi connectivity index (χ2v) is 7.81. The van der Waals surface area contributed by atoms with Crippen LogP contribution in [0.3, 0.4) is 0 Å². The quantitative estimate of drug-likeness (QED) is 0.404. The van der Waals surface area contributed by atoms with Gasteiger partial charge in [0.25, 0.3) is 0 Å². The van der Waals surface area contributed by atoms with Gasteiger partial charge in [0, 0.05) is 19.6 Å². The van der Waals surface area contributed by atoms with E-state index in [4.69, 9.17) is 0 Å². The van der Waals surface area contributed by atoms with Gasteiger partial charge in [0.2, 0.25) is 11.0 Å². The molecule has 2 atom stereocenters. The minimum absolute atomic E-state index is 0. The zero-order valence-corrected chi connectivity index (χ0v) is 16.0. The fourth-order valence-corrected chi connectivity index (χ4v) is 5.68. The van der Waals surface area contributed by atoms with Gasteiger partial charge in [-0.15, -0.1) is 0 Å². The van der Waals surface area contributed by atoms with Crippen LogP contribution in [0.1, 0.15) is 19.8 Å². The van der Waals surface area contributed by atoms with Crippen molar-refractivity contribution < 1.29 is 29.3 Å². The molecular formula is C12H27IN4S2. The first kappa shape index (κ1) is 18.3. The maximum Gasteiger partial charge on any atom is 0.202 e. The average Bonchev–Trinajstić information content (AvgIpc) is 2.79. The molecule has 4 nitrogen and oxygen atoms in total. The van der Waals surface area contributed by atoms with E-state index in [0.29, 0.717) is 11.0 Å². The largest absolute Gasteiger partial charge is 1.00 e. The van der Waals surface area contributed by atoms with Crippen molar-refractivity contribution in [2.24, 2.45) is 0 Å². The van der Waals surface area contributed by atoms with Crippen molar-refractivity contribution in [3.63, 3.8) is 0 Å². The lowest BCUT2D eigenvalue weighted by Crippen LogP contribution is -3.00. The lowest BCUT2D eigenvalue weighted by Gasteiger charge is -2.31. The Hall–Kier alpha value is 1.27. The minimum atomic E-state index is 0. The summed E-state index contributed by atoms with van der Waals surface area (Å²) in [5.41, 5.74) is 1.19. The zero-order chi connectivity index (χ0) is 13.0. The van der Waals surface area contributed by atoms with Crippen LogP contribution in [0.5, 0.6) is 0 Å². The van der Waals surface area contributed by atoms with Crippen LogP contribution >= 0.6 is 21.6 Å². The smallest absolute Gasteiger partial charge is 0.202 e. The Morgan fingerprint density at radius 2 is 1.84 bits per heavy atom. The average molecular weight is 418 g/mol. The van der Waals surface area contributed by atoms with E-state index in [2.05, 4.69) is 41.0 Å². The first-order chi connectivity index (χ1) is 8.70. The third-order valence-corrected chi connectivity index (χ3v) is 6.83. The summed E-state index contributed by atoms with van der Waals surface area (Å²) >= 11 is 0. The normalized spacial score (nSPS) is 30.9. The molecule has 19 heavy (non-hydrogen) atoms. The van der Waals surface area contributed by atoms with Gasteiger partial charge in [0.05, 0.1) is 0 Å². The van der Waals surface area contributed by atoms with Gasteiger partial charge in [0.15, 0.2) is 0 Å². The molecule has 0 aliphatic carbocycles. The minimum Gasteiger partial charge on any atom is -1.00 e. The Morgan fingerprint density at radius 1 is 1.11 bits per heavy atom. The third-order valence-electron chi connectivity index (χ3n) is 3.77. The summed E-state index contributed by atoms with van der Waals surface area (Å²) in [4.78, 5) is 7.56. The molecule has 2 saturated heterocycles. The number of nitrogens with zero attached hydrogens (tertiary/aromatic N) is 3. The van der Waals surface area contributed by atoms with Crippen molar-refractivity contribution in [2.75, 3.05) is 46.8 Å². The van der Waals surface area contributed by atoms with Crippen LogP contribution in [0.2, 0.25) is 0 Å². The van der Waals surface area contributed by atoms with Gasteiger partial charge < -0.3 is 28.9 Å². The van der Waals surface area contributed by atoms with Crippen LogP contribution in [-0.2, 0) is 0 Å². The number of hydrogen-bond donors (Lipinski definition) is 1. The Kier molecular flexibility index (Phi) is 8.99. The Labute approximate surface area is 142 Å². The van der Waals surface area contributed by atoms with Crippen molar-refractivity contribution in [1.29, 1.82) is 0 Å². The molecular weight excluding hydrogens is 391 g/mol. The highest BCUT2D eigenvalue weighted by molar-refractivity contribution is 8.77. The maximum atomic E-state index is 2.67. The van der Waals surface area contributed by atoms with E-state index in [0.717, 1.165) is 0 Å². The van der Waals surface area contributed by atoms with Crippen LogP contribution in [0, 0.1) is 0 Å². The molecule has 2 aliphatic heterocycles. The predicted octanol–water partition coefficient (Wildman–Crippen LogP) is -2.50. The van der Waals surface area contributed by atoms with Crippen LogP contribution in [-0.4, -0.2) is 72.5 Å². The van der Waals surface area contributed by atoms with Gasteiger partial charge in [-0.05, 0) is 61.6 Å². The van der Waals surface area contributed by atoms with Crippen LogP contribution in [0.4, 0.5) is 0 Å². The van der Waals surface area contributed by atoms with Gasteiger partial charge in [-0.3, -0.25) is 10.2 Å². The summed E-state index contributed by atoms with van der Waals surface area (Å²) in [6, 6.07) is 0. The van der Waals surface area contributed by atoms with Crippen molar-refractivity contribution in [1.82, 2.24) is 14.7 Å². The highest BCUT2D eigenvalue weighted by atomic mass is 127. The highest BCUT2D eigenvalue weighted by Crippen LogP contribution is 2.33. The van der Waals surface area contributed by atoms with E-state index in [-0.39, 0.29) is 24.0 Å². The van der Waals surface area contributed by atoms with Crippen LogP contribution in [0.15, 0.2) is 0 Å². The van der Waals surface area contributed by atoms with E-state index in [1.807, 2.05) is 21.6 Å². The molecule has 2 unspecified atom stereocenters. The summed E-state index contributed by atoms with van der Waals surface area (Å²) in [7, 11) is 8.38. The van der Waals surface area contributed by atoms with Crippen molar-refractivity contribution in [3.05, 3.63) is 0 Å².